The fourth-order valence-electron chi connectivity index (χ4n) is 1.70. The smallest absolute Gasteiger partial charge is 0.343 e. The van der Waals surface area contributed by atoms with Crippen LogP contribution in [0.2, 0.25) is 0 Å². The van der Waals surface area contributed by atoms with Crippen LogP contribution in [0.1, 0.15) is 30.1 Å². The molecule has 0 aromatic carbocycles. The Kier molecular flexibility index (Phi) is 4.09. The molecule has 0 spiro atoms. The van der Waals surface area contributed by atoms with E-state index in [9.17, 15) is 14.7 Å². The van der Waals surface area contributed by atoms with Crippen LogP contribution in [0.15, 0.2) is 29.0 Å². The van der Waals surface area contributed by atoms with E-state index in [1.165, 1.54) is 12.4 Å². The number of nitrogens with one attached hydrogen (secondary N) is 1. The normalized spacial score (nSPS) is 10.2. The van der Waals surface area contributed by atoms with Crippen LogP contribution in [0.3, 0.4) is 0 Å². The third kappa shape index (κ3) is 2.82. The summed E-state index contributed by atoms with van der Waals surface area (Å²) in [4.78, 5) is 26.7. The van der Waals surface area contributed by atoms with Crippen molar-refractivity contribution in [3.8, 4) is 11.3 Å². The SMILES string of the molecule is CCCC(=O)Nc1onc(-c2ccncc2)c1C(=O)O. The molecule has 0 bridgehead atoms. The van der Waals surface area contributed by atoms with Gasteiger partial charge in [-0.1, -0.05) is 12.1 Å². The maximum Gasteiger partial charge on any atom is 0.343 e. The third-order valence-electron chi connectivity index (χ3n) is 2.59. The molecule has 7 heteroatoms. The zero-order valence-electron chi connectivity index (χ0n) is 10.8. The number of hydrogen-bond acceptors (Lipinski definition) is 5. The second-order valence-corrected chi connectivity index (χ2v) is 4.07. The molecule has 0 aliphatic carbocycles. The highest BCUT2D eigenvalue weighted by atomic mass is 16.5. The minimum atomic E-state index is -1.22. The largest absolute Gasteiger partial charge is 0.477 e. The molecule has 20 heavy (non-hydrogen) atoms. The predicted octanol–water partition coefficient (Wildman–Crippen LogP) is 2.17. The molecular weight excluding hydrogens is 262 g/mol. The van der Waals surface area contributed by atoms with E-state index < -0.39 is 5.97 Å². The second kappa shape index (κ2) is 5.96. The maximum atomic E-state index is 11.5. The molecule has 2 rings (SSSR count). The van der Waals surface area contributed by atoms with Gasteiger partial charge in [0.15, 0.2) is 5.56 Å². The van der Waals surface area contributed by atoms with Crippen LogP contribution in [-0.4, -0.2) is 27.1 Å². The minimum absolute atomic E-state index is 0.150. The molecule has 0 atom stereocenters. The number of carbonyl (C=O) groups is 2. The fourth-order valence-corrected chi connectivity index (χ4v) is 1.70. The quantitative estimate of drug-likeness (QED) is 0.866. The van der Waals surface area contributed by atoms with Crippen molar-refractivity contribution in [3.05, 3.63) is 30.1 Å². The summed E-state index contributed by atoms with van der Waals surface area (Å²) in [5, 5.41) is 15.4. The van der Waals surface area contributed by atoms with Crippen molar-refractivity contribution < 1.29 is 19.2 Å². The number of nitrogens with zero attached hydrogens (tertiary/aromatic N) is 2. The van der Waals surface area contributed by atoms with Crippen LogP contribution < -0.4 is 5.32 Å². The summed E-state index contributed by atoms with van der Waals surface area (Å²) in [7, 11) is 0. The van der Waals surface area contributed by atoms with Gasteiger partial charge in [-0.3, -0.25) is 15.1 Å². The Morgan fingerprint density at radius 2 is 2.05 bits per heavy atom. The number of carboxylic acids is 1. The van der Waals surface area contributed by atoms with Crippen molar-refractivity contribution in [1.29, 1.82) is 0 Å². The molecule has 0 saturated carbocycles. The molecule has 2 aromatic rings. The number of hydrogen-bond donors (Lipinski definition) is 2. The number of pyridine rings is 1. The number of aromatic carboxylic acids is 1. The molecule has 0 radical (unpaired) electrons. The molecule has 0 aliphatic rings. The van der Waals surface area contributed by atoms with Crippen LogP contribution in [0.5, 0.6) is 0 Å². The van der Waals surface area contributed by atoms with Crippen molar-refractivity contribution in [2.75, 3.05) is 5.32 Å². The summed E-state index contributed by atoms with van der Waals surface area (Å²) in [5.74, 6) is -1.68. The fraction of sp³-hybridized carbons (Fsp3) is 0.231. The summed E-state index contributed by atoms with van der Waals surface area (Å²) in [6, 6.07) is 3.23. The van der Waals surface area contributed by atoms with E-state index in [1.807, 2.05) is 6.92 Å². The van der Waals surface area contributed by atoms with Crippen LogP contribution >= 0.6 is 0 Å². The maximum absolute atomic E-state index is 11.5. The first-order valence-electron chi connectivity index (χ1n) is 6.06. The minimum Gasteiger partial charge on any atom is -0.477 e. The Balaban J connectivity index is 2.38. The highest BCUT2D eigenvalue weighted by Gasteiger charge is 2.24. The van der Waals surface area contributed by atoms with Gasteiger partial charge in [0.05, 0.1) is 0 Å². The van der Waals surface area contributed by atoms with Gasteiger partial charge in [0, 0.05) is 24.4 Å². The van der Waals surface area contributed by atoms with E-state index in [0.29, 0.717) is 12.0 Å². The lowest BCUT2D eigenvalue weighted by molar-refractivity contribution is -0.116. The van der Waals surface area contributed by atoms with E-state index in [1.54, 1.807) is 12.1 Å². The van der Waals surface area contributed by atoms with Crippen molar-refractivity contribution in [1.82, 2.24) is 10.1 Å². The van der Waals surface area contributed by atoms with Gasteiger partial charge in [0.1, 0.15) is 5.69 Å². The number of aromatic nitrogens is 2. The van der Waals surface area contributed by atoms with E-state index >= 15 is 0 Å². The second-order valence-electron chi connectivity index (χ2n) is 4.07. The highest BCUT2D eigenvalue weighted by molar-refractivity contribution is 6.03. The first kappa shape index (κ1) is 13.7. The highest BCUT2D eigenvalue weighted by Crippen LogP contribution is 2.28. The molecule has 0 fully saturated rings. The summed E-state index contributed by atoms with van der Waals surface area (Å²) in [5.41, 5.74) is 0.546. The topological polar surface area (TPSA) is 105 Å². The number of anilines is 1. The van der Waals surface area contributed by atoms with Gasteiger partial charge in [-0.25, -0.2) is 4.79 Å². The van der Waals surface area contributed by atoms with Crippen molar-refractivity contribution in [2.24, 2.45) is 0 Å². The lowest BCUT2D eigenvalue weighted by Gasteiger charge is -2.01. The zero-order valence-corrected chi connectivity index (χ0v) is 10.8. The van der Waals surface area contributed by atoms with Gasteiger partial charge in [-0.2, -0.15) is 0 Å². The Labute approximate surface area is 114 Å². The van der Waals surface area contributed by atoms with Gasteiger partial charge >= 0.3 is 5.97 Å². The summed E-state index contributed by atoms with van der Waals surface area (Å²) < 4.78 is 4.95. The van der Waals surface area contributed by atoms with E-state index in [4.69, 9.17) is 4.52 Å². The molecule has 0 aliphatic heterocycles. The number of carboxylic acid groups (broad SMARTS) is 1. The van der Waals surface area contributed by atoms with Gasteiger partial charge < -0.3 is 9.63 Å². The summed E-state index contributed by atoms with van der Waals surface area (Å²) >= 11 is 0. The van der Waals surface area contributed by atoms with Crippen LogP contribution in [0.4, 0.5) is 5.88 Å². The molecular formula is C13H13N3O4. The van der Waals surface area contributed by atoms with Crippen LogP contribution in [-0.2, 0) is 4.79 Å². The van der Waals surface area contributed by atoms with Crippen molar-refractivity contribution in [3.63, 3.8) is 0 Å². The molecule has 0 saturated heterocycles. The average molecular weight is 275 g/mol. The molecule has 7 nitrogen and oxygen atoms in total. The molecule has 0 unspecified atom stereocenters. The molecule has 2 heterocycles. The van der Waals surface area contributed by atoms with Crippen LogP contribution in [0, 0.1) is 0 Å². The molecule has 2 N–H and O–H groups in total. The first-order chi connectivity index (χ1) is 9.63. The van der Waals surface area contributed by atoms with Gasteiger partial charge in [0.25, 0.3) is 0 Å². The van der Waals surface area contributed by atoms with Gasteiger partial charge in [-0.15, -0.1) is 0 Å². The standard InChI is InChI=1S/C13H13N3O4/c1-2-3-9(17)15-12-10(13(18)19)11(16-20-12)8-4-6-14-7-5-8/h4-7H,2-3H2,1H3,(H,15,17)(H,18,19). The van der Waals surface area contributed by atoms with Gasteiger partial charge in [-0.05, 0) is 18.6 Å². The Hall–Kier alpha value is -2.70. The van der Waals surface area contributed by atoms with E-state index in [0.717, 1.165) is 0 Å². The molecule has 2 aromatic heterocycles. The summed E-state index contributed by atoms with van der Waals surface area (Å²) in [6.07, 6.45) is 3.97. The van der Waals surface area contributed by atoms with E-state index in [-0.39, 0.29) is 29.5 Å². The number of amides is 1. The lowest BCUT2D eigenvalue weighted by atomic mass is 10.1. The Bertz CT molecular complexity index is 622. The zero-order chi connectivity index (χ0) is 14.5. The number of rotatable bonds is 5. The monoisotopic (exact) mass is 275 g/mol. The molecule has 1 amide bonds. The lowest BCUT2D eigenvalue weighted by Crippen LogP contribution is -2.13. The van der Waals surface area contributed by atoms with Crippen molar-refractivity contribution >= 4 is 17.8 Å². The van der Waals surface area contributed by atoms with Crippen LogP contribution in [0.25, 0.3) is 11.3 Å². The van der Waals surface area contributed by atoms with E-state index in [2.05, 4.69) is 15.5 Å². The van der Waals surface area contributed by atoms with Crippen molar-refractivity contribution in [2.45, 2.75) is 19.8 Å². The first-order valence-corrected chi connectivity index (χ1v) is 6.06. The third-order valence-corrected chi connectivity index (χ3v) is 2.59. The summed E-state index contributed by atoms with van der Waals surface area (Å²) in [6.45, 7) is 1.85. The Morgan fingerprint density at radius 1 is 1.35 bits per heavy atom. The average Bonchev–Trinajstić information content (AvgIpc) is 2.83. The van der Waals surface area contributed by atoms with Gasteiger partial charge in [0.2, 0.25) is 11.8 Å². The predicted molar refractivity (Wildman–Crippen MR) is 70.2 cm³/mol. The number of carbonyl (C=O) groups excluding carboxylic acids is 1. The Morgan fingerprint density at radius 3 is 2.65 bits per heavy atom. The molecule has 104 valence electrons.